The van der Waals surface area contributed by atoms with Crippen molar-refractivity contribution >= 4 is 27.1 Å². The van der Waals surface area contributed by atoms with Crippen LogP contribution in [0.2, 0.25) is 0 Å². The second-order valence-corrected chi connectivity index (χ2v) is 10.2. The molecule has 4 nitrogen and oxygen atoms in total. The summed E-state index contributed by atoms with van der Waals surface area (Å²) in [7, 11) is -3.28. The van der Waals surface area contributed by atoms with Crippen LogP contribution in [0, 0.1) is 12.8 Å². The van der Waals surface area contributed by atoms with Gasteiger partial charge in [-0.15, -0.1) is 11.3 Å². The first-order valence-electron chi connectivity index (χ1n) is 7.98. The third-order valence-corrected chi connectivity index (χ3v) is 8.76. The number of carbonyl (C=O) groups excluding carboxylic acids is 1. The molecule has 1 aromatic heterocycles. The number of hydrogen-bond donors (Lipinski definition) is 1. The highest BCUT2D eigenvalue weighted by Gasteiger charge is 2.49. The van der Waals surface area contributed by atoms with Gasteiger partial charge in [0.2, 0.25) is 5.91 Å². The van der Waals surface area contributed by atoms with Crippen LogP contribution >= 0.6 is 11.3 Å². The van der Waals surface area contributed by atoms with Gasteiger partial charge >= 0.3 is 0 Å². The Morgan fingerprint density at radius 3 is 2.50 bits per heavy atom. The lowest BCUT2D eigenvalue weighted by Gasteiger charge is -2.37. The molecule has 2 aliphatic carbocycles. The highest BCUT2D eigenvalue weighted by Crippen LogP contribution is 2.49. The fraction of sp³-hybridized carbons (Fsp3) is 0.688. The van der Waals surface area contributed by atoms with E-state index in [0.29, 0.717) is 29.9 Å². The van der Waals surface area contributed by atoms with E-state index in [9.17, 15) is 13.2 Å². The minimum atomic E-state index is -3.28. The van der Waals surface area contributed by atoms with Crippen LogP contribution in [0.5, 0.6) is 0 Å². The van der Waals surface area contributed by atoms with E-state index >= 15 is 0 Å². The molecule has 0 radical (unpaired) electrons. The van der Waals surface area contributed by atoms with Gasteiger partial charge in [0.15, 0.2) is 9.84 Å². The number of aryl methyl sites for hydroxylation is 1. The van der Waals surface area contributed by atoms with Gasteiger partial charge < -0.3 is 5.73 Å². The van der Waals surface area contributed by atoms with Crippen LogP contribution in [0.1, 0.15) is 65.7 Å². The zero-order valence-electron chi connectivity index (χ0n) is 12.9. The number of hydrogen-bond acceptors (Lipinski definition) is 4. The molecule has 0 bridgehead atoms. The van der Waals surface area contributed by atoms with E-state index in [-0.39, 0.29) is 5.75 Å². The number of primary amides is 1. The fourth-order valence-corrected chi connectivity index (χ4v) is 7.44. The van der Waals surface area contributed by atoms with E-state index in [1.165, 1.54) is 11.3 Å². The summed E-state index contributed by atoms with van der Waals surface area (Å²) in [5, 5.41) is 1.87. The van der Waals surface area contributed by atoms with Crippen molar-refractivity contribution < 1.29 is 13.2 Å². The van der Waals surface area contributed by atoms with Crippen molar-refractivity contribution in [1.29, 1.82) is 0 Å². The number of rotatable bonds is 5. The first kappa shape index (κ1) is 16.0. The standard InChI is InChI=1S/C16H23NO3S2/c1-11-14(15(17)18)13(9-21-11)16(7-3-2-4-8-16)22(19,20)10-12-5-6-12/h9,12H,2-8,10H2,1H3,(H2,17,18). The maximum Gasteiger partial charge on any atom is 0.250 e. The van der Waals surface area contributed by atoms with Crippen LogP contribution in [0.15, 0.2) is 5.38 Å². The minimum absolute atomic E-state index is 0.264. The van der Waals surface area contributed by atoms with Crippen molar-refractivity contribution in [3.8, 4) is 0 Å². The zero-order chi connectivity index (χ0) is 16.0. The van der Waals surface area contributed by atoms with Crippen LogP contribution in [-0.2, 0) is 14.6 Å². The van der Waals surface area contributed by atoms with E-state index in [0.717, 1.165) is 37.0 Å². The molecule has 2 fully saturated rings. The lowest BCUT2D eigenvalue weighted by Crippen LogP contribution is -2.41. The third kappa shape index (κ3) is 2.60. The molecule has 3 rings (SSSR count). The second kappa shape index (κ2) is 5.64. The lowest BCUT2D eigenvalue weighted by atomic mass is 9.82. The minimum Gasteiger partial charge on any atom is -0.366 e. The smallest absolute Gasteiger partial charge is 0.250 e. The Balaban J connectivity index is 2.12. The molecular formula is C16H23NO3S2. The van der Waals surface area contributed by atoms with Gasteiger partial charge in [0.1, 0.15) is 0 Å². The van der Waals surface area contributed by atoms with Gasteiger partial charge in [0, 0.05) is 4.88 Å². The SMILES string of the molecule is Cc1scc(C2(S(=O)(=O)CC3CC3)CCCCC2)c1C(N)=O. The Kier molecular flexibility index (Phi) is 4.10. The van der Waals surface area contributed by atoms with Crippen LogP contribution in [0.3, 0.4) is 0 Å². The predicted octanol–water partition coefficient (Wildman–Crippen LogP) is 3.14. The third-order valence-electron chi connectivity index (χ3n) is 5.12. The maximum absolute atomic E-state index is 13.2. The van der Waals surface area contributed by atoms with E-state index in [2.05, 4.69) is 0 Å². The molecule has 22 heavy (non-hydrogen) atoms. The van der Waals surface area contributed by atoms with Gasteiger partial charge in [-0.1, -0.05) is 19.3 Å². The summed E-state index contributed by atoms with van der Waals surface area (Å²) in [6.45, 7) is 1.85. The molecule has 0 saturated heterocycles. The Labute approximate surface area is 136 Å². The molecule has 0 aromatic carbocycles. The van der Waals surface area contributed by atoms with Crippen molar-refractivity contribution in [2.75, 3.05) is 5.75 Å². The van der Waals surface area contributed by atoms with Crippen molar-refractivity contribution in [2.24, 2.45) is 11.7 Å². The second-order valence-electron chi connectivity index (χ2n) is 6.72. The van der Waals surface area contributed by atoms with E-state index < -0.39 is 20.5 Å². The fourth-order valence-electron chi connectivity index (χ4n) is 3.72. The van der Waals surface area contributed by atoms with Gasteiger partial charge in [-0.05, 0) is 49.5 Å². The van der Waals surface area contributed by atoms with Crippen LogP contribution in [-0.4, -0.2) is 20.1 Å². The van der Waals surface area contributed by atoms with Crippen LogP contribution in [0.25, 0.3) is 0 Å². The summed E-state index contributed by atoms with van der Waals surface area (Å²) in [6.07, 6.45) is 6.14. The summed E-state index contributed by atoms with van der Waals surface area (Å²) in [6, 6.07) is 0. The number of carbonyl (C=O) groups is 1. The molecule has 2 saturated carbocycles. The Morgan fingerprint density at radius 2 is 1.95 bits per heavy atom. The largest absolute Gasteiger partial charge is 0.366 e. The monoisotopic (exact) mass is 341 g/mol. The summed E-state index contributed by atoms with van der Waals surface area (Å²) < 4.78 is 25.5. The van der Waals surface area contributed by atoms with Crippen molar-refractivity contribution in [1.82, 2.24) is 0 Å². The van der Waals surface area contributed by atoms with Gasteiger partial charge in [-0.2, -0.15) is 0 Å². The van der Waals surface area contributed by atoms with E-state index in [1.54, 1.807) is 0 Å². The topological polar surface area (TPSA) is 77.2 Å². The molecule has 1 amide bonds. The average Bonchev–Trinajstić information content (AvgIpc) is 3.17. The number of sulfone groups is 1. The number of amides is 1. The molecule has 1 aromatic rings. The van der Waals surface area contributed by atoms with Crippen LogP contribution in [0.4, 0.5) is 0 Å². The zero-order valence-corrected chi connectivity index (χ0v) is 14.6. The lowest BCUT2D eigenvalue weighted by molar-refractivity contribution is 0.0998. The predicted molar refractivity (Wildman–Crippen MR) is 88.8 cm³/mol. The first-order chi connectivity index (χ1) is 10.4. The molecule has 0 spiro atoms. The molecule has 122 valence electrons. The maximum atomic E-state index is 13.2. The van der Waals surface area contributed by atoms with Gasteiger partial charge in [-0.25, -0.2) is 8.42 Å². The van der Waals surface area contributed by atoms with E-state index in [4.69, 9.17) is 5.73 Å². The summed E-state index contributed by atoms with van der Waals surface area (Å²) in [5.74, 6) is 0.0842. The van der Waals surface area contributed by atoms with Crippen molar-refractivity contribution in [2.45, 2.75) is 56.6 Å². The number of thiophene rings is 1. The highest BCUT2D eigenvalue weighted by molar-refractivity contribution is 7.92. The summed E-state index contributed by atoms with van der Waals surface area (Å²) >= 11 is 1.44. The van der Waals surface area contributed by atoms with Gasteiger partial charge in [0.25, 0.3) is 0 Å². The average molecular weight is 341 g/mol. The number of nitrogens with two attached hydrogens (primary N) is 1. The molecular weight excluding hydrogens is 318 g/mol. The Morgan fingerprint density at radius 1 is 1.32 bits per heavy atom. The highest BCUT2D eigenvalue weighted by atomic mass is 32.2. The molecule has 1 heterocycles. The molecule has 0 aliphatic heterocycles. The normalized spacial score (nSPS) is 21.7. The summed E-state index contributed by atoms with van der Waals surface area (Å²) in [4.78, 5) is 12.7. The molecule has 0 atom stereocenters. The first-order valence-corrected chi connectivity index (χ1v) is 10.5. The quantitative estimate of drug-likeness (QED) is 0.894. The molecule has 0 unspecified atom stereocenters. The van der Waals surface area contributed by atoms with Crippen LogP contribution < -0.4 is 5.73 Å². The molecule has 2 aliphatic rings. The van der Waals surface area contributed by atoms with Gasteiger partial charge in [0.05, 0.1) is 16.1 Å². The molecule has 6 heteroatoms. The van der Waals surface area contributed by atoms with E-state index in [1.807, 2.05) is 12.3 Å². The summed E-state index contributed by atoms with van der Waals surface area (Å²) in [5.41, 5.74) is 6.69. The Bertz CT molecular complexity index is 680. The van der Waals surface area contributed by atoms with Crippen molar-refractivity contribution in [3.05, 3.63) is 21.4 Å². The molecule has 2 N–H and O–H groups in total. The Hall–Kier alpha value is -0.880. The van der Waals surface area contributed by atoms with Crippen molar-refractivity contribution in [3.63, 3.8) is 0 Å². The van der Waals surface area contributed by atoms with Gasteiger partial charge in [-0.3, -0.25) is 4.79 Å².